The molecule has 0 atom stereocenters. The van der Waals surface area contributed by atoms with Crippen molar-refractivity contribution >= 4 is 17.4 Å². The van der Waals surface area contributed by atoms with E-state index in [1.54, 1.807) is 0 Å². The Labute approximate surface area is 126 Å². The second-order valence-electron chi connectivity index (χ2n) is 3.76. The Morgan fingerprint density at radius 3 is 1.14 bits per heavy atom. The number of rotatable bonds is 3. The summed E-state index contributed by atoms with van der Waals surface area (Å²) in [6.07, 6.45) is 0. The lowest BCUT2D eigenvalue weighted by Crippen LogP contribution is -2.50. The zero-order chi connectivity index (χ0) is 16.1. The Morgan fingerprint density at radius 1 is 0.714 bits per heavy atom. The van der Waals surface area contributed by atoms with Gasteiger partial charge in [0.15, 0.2) is 23.1 Å². The van der Waals surface area contributed by atoms with Gasteiger partial charge in [-0.1, -0.05) is 0 Å². The van der Waals surface area contributed by atoms with Gasteiger partial charge in [-0.15, -0.1) is 0 Å². The van der Waals surface area contributed by atoms with E-state index in [9.17, 15) is 22.0 Å². The summed E-state index contributed by atoms with van der Waals surface area (Å²) in [5.74, 6) is -12.9. The van der Waals surface area contributed by atoms with Crippen LogP contribution in [0.2, 0.25) is 0 Å². The number of aliphatic hydroxyl groups excluding tert-OH is 3. The molecule has 0 spiro atoms. The van der Waals surface area contributed by atoms with E-state index in [0.29, 0.717) is 0 Å². The van der Waals surface area contributed by atoms with Crippen molar-refractivity contribution in [3.05, 3.63) is 29.1 Å². The molecule has 122 valence electrons. The summed E-state index contributed by atoms with van der Waals surface area (Å²) in [6, 6.07) is 0. The second-order valence-corrected chi connectivity index (χ2v) is 3.76. The van der Waals surface area contributed by atoms with Crippen molar-refractivity contribution in [1.82, 2.24) is 0 Å². The van der Waals surface area contributed by atoms with Gasteiger partial charge in [0, 0.05) is 0 Å². The van der Waals surface area contributed by atoms with Crippen molar-refractivity contribution < 1.29 is 42.4 Å². The number of benzene rings is 1. The summed E-state index contributed by atoms with van der Waals surface area (Å²) in [5, 5.41) is 33.3. The molecule has 0 heterocycles. The lowest BCUT2D eigenvalue weighted by Gasteiger charge is -2.20. The van der Waals surface area contributed by atoms with Crippen molar-refractivity contribution in [3.8, 4) is 5.75 Å². The topological polar surface area (TPSA) is 107 Å². The van der Waals surface area contributed by atoms with Crippen LogP contribution in [0, 0.1) is 29.1 Å². The number of hydrogen-bond acceptors (Lipinski definition) is 5. The van der Waals surface area contributed by atoms with E-state index in [2.05, 4.69) is 0 Å². The minimum Gasteiger partial charge on any atom is -0.503 e. The Balaban J connectivity index is 0. The van der Waals surface area contributed by atoms with E-state index in [1.165, 1.54) is 0 Å². The van der Waals surface area contributed by atoms with Crippen LogP contribution in [0.5, 0.6) is 5.75 Å². The molecular weight excluding hydrogens is 320 g/mol. The van der Waals surface area contributed by atoms with Gasteiger partial charge in [-0.25, -0.2) is 13.2 Å². The highest BCUT2D eigenvalue weighted by molar-refractivity contribution is 5.75. The van der Waals surface area contributed by atoms with Crippen molar-refractivity contribution in [2.24, 2.45) is 5.73 Å². The molecule has 0 bridgehead atoms. The Morgan fingerprint density at radius 2 is 0.952 bits per heavy atom. The molecule has 1 aromatic rings. The maximum atomic E-state index is 12.2. The third-order valence-electron chi connectivity index (χ3n) is 2.13. The van der Waals surface area contributed by atoms with Crippen LogP contribution >= 0.6 is 0 Å². The highest BCUT2D eigenvalue weighted by Crippen LogP contribution is 2.27. The average molecular weight is 335 g/mol. The molecule has 5 nitrogen and oxygen atoms in total. The summed E-state index contributed by atoms with van der Waals surface area (Å²) in [7, 11) is 0. The first-order chi connectivity index (χ1) is 9.15. The van der Waals surface area contributed by atoms with Gasteiger partial charge in [0.2, 0.25) is 29.1 Å². The molecule has 1 rings (SSSR count). The first-order valence-electron chi connectivity index (χ1n) is 4.97. The number of nitrogens with two attached hydrogens (primary N) is 1. The molecule has 11 heteroatoms. The quantitative estimate of drug-likeness (QED) is 0.201. The van der Waals surface area contributed by atoms with Gasteiger partial charge in [0.05, 0.1) is 25.4 Å². The molecule has 0 saturated carbocycles. The third kappa shape index (κ3) is 5.39. The highest BCUT2D eigenvalue weighted by atomic mass is 27.0. The lowest BCUT2D eigenvalue weighted by atomic mass is 10.1. The van der Waals surface area contributed by atoms with Crippen LogP contribution in [0.1, 0.15) is 0 Å². The minimum atomic E-state index is -2.29. The molecule has 0 unspecified atom stereocenters. The predicted molar refractivity (Wildman–Crippen MR) is 66.0 cm³/mol. The number of aliphatic hydroxyl groups is 3. The van der Waals surface area contributed by atoms with E-state index in [1.807, 2.05) is 0 Å². The molecule has 0 aromatic heterocycles. The van der Waals surface area contributed by atoms with Gasteiger partial charge in [-0.2, -0.15) is 8.78 Å². The normalized spacial score (nSPS) is 10.5. The van der Waals surface area contributed by atoms with Crippen molar-refractivity contribution in [1.29, 1.82) is 0 Å². The van der Waals surface area contributed by atoms with E-state index < -0.39 is 60.2 Å². The lowest BCUT2D eigenvalue weighted by molar-refractivity contribution is 0.0697. The molecule has 21 heavy (non-hydrogen) atoms. The van der Waals surface area contributed by atoms with Gasteiger partial charge in [0.1, 0.15) is 0 Å². The summed E-state index contributed by atoms with van der Waals surface area (Å²) < 4.78 is 60.6. The summed E-state index contributed by atoms with van der Waals surface area (Å²) >= 11 is 0. The maximum absolute atomic E-state index is 12.2. The Kier molecular flexibility index (Phi) is 9.72. The monoisotopic (exact) mass is 335 g/mol. The van der Waals surface area contributed by atoms with Crippen molar-refractivity contribution in [3.63, 3.8) is 0 Å². The van der Waals surface area contributed by atoms with Crippen molar-refractivity contribution in [2.45, 2.75) is 5.54 Å². The molecule has 0 aliphatic heterocycles. The third-order valence-corrected chi connectivity index (χ3v) is 2.13. The van der Waals surface area contributed by atoms with Gasteiger partial charge in [0.25, 0.3) is 0 Å². The van der Waals surface area contributed by atoms with Gasteiger partial charge >= 0.3 is 0 Å². The van der Waals surface area contributed by atoms with Crippen LogP contribution in [-0.4, -0.2) is 63.1 Å². The average Bonchev–Trinajstić information content (AvgIpc) is 2.48. The number of hydrogen-bond donors (Lipinski definition) is 5. The molecule has 6 N–H and O–H groups in total. The first kappa shape index (κ1) is 22.3. The molecule has 0 amide bonds. The fourth-order valence-corrected chi connectivity index (χ4v) is 0.743. The summed E-state index contributed by atoms with van der Waals surface area (Å²) in [6.45, 7) is -1.21. The SMILES string of the molecule is NC(CO)(CO)CO.Oc1c(F)c(F)c(F)c(F)c1F.[AlH3]. The molecule has 0 radical (unpaired) electrons. The summed E-state index contributed by atoms with van der Waals surface area (Å²) in [4.78, 5) is 0. The number of phenolic OH excluding ortho intramolecular Hbond substituents is 1. The zero-order valence-electron chi connectivity index (χ0n) is 9.88. The van der Waals surface area contributed by atoms with Gasteiger partial charge in [-0.3, -0.25) is 0 Å². The Bertz CT molecular complexity index is 360. The molecule has 0 saturated heterocycles. The fourth-order valence-electron chi connectivity index (χ4n) is 0.743. The van der Waals surface area contributed by atoms with Crippen LogP contribution in [0.4, 0.5) is 22.0 Å². The van der Waals surface area contributed by atoms with E-state index in [0.717, 1.165) is 0 Å². The second kappa shape index (κ2) is 9.14. The minimum absolute atomic E-state index is 0. The molecule has 0 fully saturated rings. The van der Waals surface area contributed by atoms with Crippen LogP contribution in [0.25, 0.3) is 0 Å². The first-order valence-corrected chi connectivity index (χ1v) is 4.97. The van der Waals surface area contributed by atoms with E-state index in [-0.39, 0.29) is 17.4 Å². The maximum Gasteiger partial charge on any atom is 0.206 e. The molecule has 0 aliphatic carbocycles. The standard InChI is InChI=1S/C6HF5O.C4H11NO3.Al.3H/c7-1-2(8)4(10)6(12)5(11)3(1)9;5-4(1-6,2-7)3-8;;;;/h12H;6-8H,1-3,5H2;;;;. The molecular formula is C10H15AlF5NO4. The van der Waals surface area contributed by atoms with Crippen molar-refractivity contribution in [2.75, 3.05) is 19.8 Å². The largest absolute Gasteiger partial charge is 0.503 e. The van der Waals surface area contributed by atoms with Crippen LogP contribution < -0.4 is 5.73 Å². The summed E-state index contributed by atoms with van der Waals surface area (Å²) in [5.41, 5.74) is 3.94. The van der Waals surface area contributed by atoms with Crippen LogP contribution in [-0.2, 0) is 0 Å². The molecule has 1 aromatic carbocycles. The van der Waals surface area contributed by atoms with Crippen LogP contribution in [0.3, 0.4) is 0 Å². The fraction of sp³-hybridized carbons (Fsp3) is 0.400. The number of halogens is 5. The van der Waals surface area contributed by atoms with E-state index in [4.69, 9.17) is 26.2 Å². The number of aromatic hydroxyl groups is 1. The highest BCUT2D eigenvalue weighted by Gasteiger charge is 2.25. The van der Waals surface area contributed by atoms with Gasteiger partial charge < -0.3 is 26.2 Å². The van der Waals surface area contributed by atoms with Gasteiger partial charge in [-0.05, 0) is 0 Å². The molecule has 0 aliphatic rings. The zero-order valence-corrected chi connectivity index (χ0v) is 9.88. The predicted octanol–water partition coefficient (Wildman–Crippen LogP) is -1.44. The Hall–Kier alpha value is -0.958. The van der Waals surface area contributed by atoms with Crippen LogP contribution in [0.15, 0.2) is 0 Å². The smallest absolute Gasteiger partial charge is 0.206 e. The number of phenols is 1. The van der Waals surface area contributed by atoms with E-state index >= 15 is 0 Å².